The number of aryl methyl sites for hydroxylation is 1. The van der Waals surface area contributed by atoms with Crippen LogP contribution in [0.4, 0.5) is 0 Å². The van der Waals surface area contributed by atoms with Gasteiger partial charge in [-0.3, -0.25) is 0 Å². The summed E-state index contributed by atoms with van der Waals surface area (Å²) in [6.45, 7) is 2.43. The molecule has 0 aromatic carbocycles. The van der Waals surface area contributed by atoms with Gasteiger partial charge < -0.3 is 9.15 Å². The van der Waals surface area contributed by atoms with Crippen molar-refractivity contribution in [2.75, 3.05) is 6.61 Å². The van der Waals surface area contributed by atoms with E-state index in [-0.39, 0.29) is 5.97 Å². The number of furan rings is 1. The van der Waals surface area contributed by atoms with Gasteiger partial charge in [-0.1, -0.05) is 6.92 Å². The Morgan fingerprint density at radius 3 is 2.71 bits per heavy atom. The Morgan fingerprint density at radius 1 is 1.36 bits per heavy atom. The Bertz CT molecular complexity index is 374. The summed E-state index contributed by atoms with van der Waals surface area (Å²) < 4.78 is 10.3. The molecule has 2 rings (SSSR count). The van der Waals surface area contributed by atoms with Crippen LogP contribution in [0.2, 0.25) is 0 Å². The van der Waals surface area contributed by atoms with Gasteiger partial charge in [0.2, 0.25) is 0 Å². The minimum Gasteiger partial charge on any atom is -0.466 e. The second-order valence-electron chi connectivity index (χ2n) is 3.23. The molecule has 0 bridgehead atoms. The van der Waals surface area contributed by atoms with Crippen molar-refractivity contribution in [3.63, 3.8) is 0 Å². The number of hydrogen-bond donors (Lipinski definition) is 0. The highest BCUT2D eigenvalue weighted by Gasteiger charge is 2.18. The lowest BCUT2D eigenvalue weighted by molar-refractivity contribution is -0.136. The van der Waals surface area contributed by atoms with Gasteiger partial charge in [0.05, 0.1) is 0 Å². The van der Waals surface area contributed by atoms with Gasteiger partial charge in [-0.25, -0.2) is 4.79 Å². The summed E-state index contributed by atoms with van der Waals surface area (Å²) in [4.78, 5) is 11.1. The lowest BCUT2D eigenvalue weighted by Gasteiger charge is -1.96. The van der Waals surface area contributed by atoms with Gasteiger partial charge in [-0.15, -0.1) is 0 Å². The van der Waals surface area contributed by atoms with Gasteiger partial charge in [0.1, 0.15) is 18.1 Å². The van der Waals surface area contributed by atoms with Crippen molar-refractivity contribution in [1.29, 1.82) is 0 Å². The van der Waals surface area contributed by atoms with E-state index in [2.05, 4.69) is 0 Å². The SMILES string of the molecule is CCc1ccc(CC2=CCOC2=O)o1. The second-order valence-corrected chi connectivity index (χ2v) is 3.23. The van der Waals surface area contributed by atoms with E-state index in [9.17, 15) is 4.79 Å². The van der Waals surface area contributed by atoms with Crippen LogP contribution in [0.25, 0.3) is 0 Å². The predicted molar refractivity (Wildman–Crippen MR) is 50.8 cm³/mol. The fourth-order valence-corrected chi connectivity index (χ4v) is 1.43. The van der Waals surface area contributed by atoms with Crippen LogP contribution < -0.4 is 0 Å². The van der Waals surface area contributed by atoms with E-state index in [0.29, 0.717) is 18.6 Å². The van der Waals surface area contributed by atoms with Crippen molar-refractivity contribution in [3.8, 4) is 0 Å². The highest BCUT2D eigenvalue weighted by molar-refractivity contribution is 5.90. The second kappa shape index (κ2) is 3.70. The first-order chi connectivity index (χ1) is 6.79. The minimum absolute atomic E-state index is 0.223. The van der Waals surface area contributed by atoms with Crippen molar-refractivity contribution in [2.45, 2.75) is 19.8 Å². The average molecular weight is 192 g/mol. The maximum Gasteiger partial charge on any atom is 0.334 e. The van der Waals surface area contributed by atoms with Crippen LogP contribution in [0, 0.1) is 0 Å². The highest BCUT2D eigenvalue weighted by atomic mass is 16.5. The lowest BCUT2D eigenvalue weighted by Crippen LogP contribution is -2.01. The van der Waals surface area contributed by atoms with E-state index >= 15 is 0 Å². The molecule has 74 valence electrons. The van der Waals surface area contributed by atoms with E-state index in [1.165, 1.54) is 0 Å². The van der Waals surface area contributed by atoms with E-state index in [0.717, 1.165) is 17.9 Å². The number of carbonyl (C=O) groups is 1. The summed E-state index contributed by atoms with van der Waals surface area (Å²) in [5.74, 6) is 1.55. The quantitative estimate of drug-likeness (QED) is 0.686. The smallest absolute Gasteiger partial charge is 0.334 e. The maximum atomic E-state index is 11.1. The van der Waals surface area contributed by atoms with Crippen LogP contribution in [0.1, 0.15) is 18.4 Å². The van der Waals surface area contributed by atoms with Crippen molar-refractivity contribution in [1.82, 2.24) is 0 Å². The van der Waals surface area contributed by atoms with Gasteiger partial charge in [0.15, 0.2) is 0 Å². The third-order valence-electron chi connectivity index (χ3n) is 2.24. The normalized spacial score (nSPS) is 15.5. The zero-order chi connectivity index (χ0) is 9.97. The fraction of sp³-hybridized carbons (Fsp3) is 0.364. The molecule has 2 heterocycles. The molecular formula is C11H12O3. The van der Waals surface area contributed by atoms with Crippen molar-refractivity contribution in [3.05, 3.63) is 35.3 Å². The highest BCUT2D eigenvalue weighted by Crippen LogP contribution is 2.16. The number of ether oxygens (including phenoxy) is 1. The molecule has 0 saturated heterocycles. The van der Waals surface area contributed by atoms with Crippen LogP contribution in [0.3, 0.4) is 0 Å². The third kappa shape index (κ3) is 1.71. The molecule has 0 N–H and O–H groups in total. The first-order valence-corrected chi connectivity index (χ1v) is 4.73. The summed E-state index contributed by atoms with van der Waals surface area (Å²) in [6, 6.07) is 3.85. The number of rotatable bonds is 3. The van der Waals surface area contributed by atoms with Crippen molar-refractivity contribution in [2.24, 2.45) is 0 Å². The van der Waals surface area contributed by atoms with Gasteiger partial charge in [-0.2, -0.15) is 0 Å². The molecule has 0 unspecified atom stereocenters. The lowest BCUT2D eigenvalue weighted by atomic mass is 10.1. The van der Waals surface area contributed by atoms with Gasteiger partial charge >= 0.3 is 5.97 Å². The molecule has 1 aromatic heterocycles. The molecule has 14 heavy (non-hydrogen) atoms. The first-order valence-electron chi connectivity index (χ1n) is 4.73. The minimum atomic E-state index is -0.223. The topological polar surface area (TPSA) is 39.4 Å². The Morgan fingerprint density at radius 2 is 2.14 bits per heavy atom. The van der Waals surface area contributed by atoms with Crippen molar-refractivity contribution >= 4 is 5.97 Å². The molecule has 3 nitrogen and oxygen atoms in total. The van der Waals surface area contributed by atoms with E-state index in [1.807, 2.05) is 19.1 Å². The molecule has 0 aliphatic carbocycles. The van der Waals surface area contributed by atoms with Gasteiger partial charge in [0, 0.05) is 18.4 Å². The maximum absolute atomic E-state index is 11.1. The van der Waals surface area contributed by atoms with Gasteiger partial charge in [0.25, 0.3) is 0 Å². The molecule has 0 fully saturated rings. The summed E-state index contributed by atoms with van der Waals surface area (Å²) in [5.41, 5.74) is 0.696. The van der Waals surface area contributed by atoms with Crippen LogP contribution >= 0.6 is 0 Å². The van der Waals surface area contributed by atoms with E-state index < -0.39 is 0 Å². The Kier molecular flexibility index (Phi) is 2.39. The molecular weight excluding hydrogens is 180 g/mol. The number of cyclic esters (lactones) is 1. The van der Waals surface area contributed by atoms with Crippen LogP contribution in [-0.4, -0.2) is 12.6 Å². The number of esters is 1. The average Bonchev–Trinajstić information content (AvgIpc) is 2.77. The molecule has 1 aromatic rings. The van der Waals surface area contributed by atoms with Gasteiger partial charge in [-0.05, 0) is 18.2 Å². The summed E-state index contributed by atoms with van der Waals surface area (Å²) in [6.07, 6.45) is 3.22. The zero-order valence-electron chi connectivity index (χ0n) is 8.08. The first kappa shape index (κ1) is 9.06. The summed E-state index contributed by atoms with van der Waals surface area (Å²) >= 11 is 0. The molecule has 3 heteroatoms. The molecule has 0 radical (unpaired) electrons. The molecule has 0 amide bonds. The van der Waals surface area contributed by atoms with Crippen LogP contribution in [-0.2, 0) is 22.4 Å². The summed E-state index contributed by atoms with van der Waals surface area (Å²) in [5, 5.41) is 0. The standard InChI is InChI=1S/C11H12O3/c1-2-9-3-4-10(14-9)7-8-5-6-13-11(8)12/h3-5H,2,6-7H2,1H3. The molecule has 1 aliphatic heterocycles. The number of carbonyl (C=O) groups excluding carboxylic acids is 1. The molecule has 0 spiro atoms. The predicted octanol–water partition coefficient (Wildman–Crippen LogP) is 1.87. The molecule has 0 atom stereocenters. The molecule has 0 saturated carbocycles. The Labute approximate surface area is 82.4 Å². The third-order valence-corrected chi connectivity index (χ3v) is 2.24. The number of hydrogen-bond acceptors (Lipinski definition) is 3. The van der Waals surface area contributed by atoms with E-state index in [1.54, 1.807) is 6.08 Å². The Hall–Kier alpha value is -1.51. The van der Waals surface area contributed by atoms with Crippen molar-refractivity contribution < 1.29 is 13.9 Å². The van der Waals surface area contributed by atoms with Crippen LogP contribution in [0.15, 0.2) is 28.2 Å². The Balaban J connectivity index is 2.07. The largest absolute Gasteiger partial charge is 0.466 e. The fourth-order valence-electron chi connectivity index (χ4n) is 1.43. The molecule has 1 aliphatic rings. The monoisotopic (exact) mass is 192 g/mol. The zero-order valence-corrected chi connectivity index (χ0v) is 8.08. The van der Waals surface area contributed by atoms with E-state index in [4.69, 9.17) is 9.15 Å². The summed E-state index contributed by atoms with van der Waals surface area (Å²) in [7, 11) is 0. The van der Waals surface area contributed by atoms with Crippen LogP contribution in [0.5, 0.6) is 0 Å².